The van der Waals surface area contributed by atoms with Crippen molar-refractivity contribution in [3.63, 3.8) is 0 Å². The minimum Gasteiger partial charge on any atom is -0.489 e. The Kier molecular flexibility index (Phi) is 4.13. The van der Waals surface area contributed by atoms with Crippen molar-refractivity contribution in [2.75, 3.05) is 0 Å². The molecule has 1 fully saturated rings. The number of aryl methyl sites for hydroxylation is 1. The Morgan fingerprint density at radius 3 is 2.95 bits per heavy atom. The largest absolute Gasteiger partial charge is 0.489 e. The van der Waals surface area contributed by atoms with Gasteiger partial charge in [-0.1, -0.05) is 15.9 Å². The summed E-state index contributed by atoms with van der Waals surface area (Å²) in [6.45, 7) is 3.38. The molecule has 0 atom stereocenters. The highest BCUT2D eigenvalue weighted by atomic mass is 79.9. The van der Waals surface area contributed by atoms with Crippen molar-refractivity contribution >= 4 is 15.9 Å². The highest BCUT2D eigenvalue weighted by molar-refractivity contribution is 9.10. The zero-order valence-electron chi connectivity index (χ0n) is 11.5. The number of furan rings is 1. The molecule has 0 unspecified atom stereocenters. The van der Waals surface area contributed by atoms with Crippen LogP contribution in [0.4, 0.5) is 0 Å². The summed E-state index contributed by atoms with van der Waals surface area (Å²) < 4.78 is 12.5. The molecule has 0 radical (unpaired) electrons. The first-order valence-corrected chi connectivity index (χ1v) is 7.69. The van der Waals surface area contributed by atoms with Gasteiger partial charge in [-0.25, -0.2) is 0 Å². The second kappa shape index (κ2) is 6.02. The third kappa shape index (κ3) is 3.44. The van der Waals surface area contributed by atoms with Crippen molar-refractivity contribution in [2.45, 2.75) is 39.0 Å². The third-order valence-electron chi connectivity index (χ3n) is 3.49. The van der Waals surface area contributed by atoms with Gasteiger partial charge < -0.3 is 14.5 Å². The van der Waals surface area contributed by atoms with E-state index in [-0.39, 0.29) is 0 Å². The summed E-state index contributed by atoms with van der Waals surface area (Å²) in [5.74, 6) is 1.89. The van der Waals surface area contributed by atoms with E-state index >= 15 is 0 Å². The molecule has 0 bridgehead atoms. The van der Waals surface area contributed by atoms with Gasteiger partial charge in [0.25, 0.3) is 0 Å². The predicted octanol–water partition coefficient (Wildman–Crippen LogP) is 4.18. The lowest BCUT2D eigenvalue weighted by Gasteiger charge is -2.09. The molecule has 20 heavy (non-hydrogen) atoms. The molecule has 0 aliphatic heterocycles. The maximum absolute atomic E-state index is 5.89. The van der Waals surface area contributed by atoms with Crippen LogP contribution >= 0.6 is 15.9 Å². The highest BCUT2D eigenvalue weighted by Gasteiger charge is 2.21. The molecule has 3 nitrogen and oxygen atoms in total. The van der Waals surface area contributed by atoms with Crippen molar-refractivity contribution < 1.29 is 9.15 Å². The van der Waals surface area contributed by atoms with Crippen LogP contribution in [0.1, 0.15) is 29.7 Å². The van der Waals surface area contributed by atoms with Crippen molar-refractivity contribution in [3.8, 4) is 5.75 Å². The standard InChI is InChI=1S/C16H18BrNO2/c1-11-8-13(17)2-5-15(11)20-10-12-6-7-19-16(12)9-18-14-3-4-14/h2,5-8,14,18H,3-4,9-10H2,1H3. The fraction of sp³-hybridized carbons (Fsp3) is 0.375. The van der Waals surface area contributed by atoms with Crippen LogP contribution in [0.15, 0.2) is 39.4 Å². The van der Waals surface area contributed by atoms with Gasteiger partial charge in [0, 0.05) is 16.1 Å². The monoisotopic (exact) mass is 335 g/mol. The summed E-state index contributed by atoms with van der Waals surface area (Å²) in [7, 11) is 0. The zero-order chi connectivity index (χ0) is 13.9. The molecule has 1 saturated carbocycles. The van der Waals surface area contributed by atoms with Gasteiger partial charge in [0.05, 0.1) is 12.8 Å². The second-order valence-electron chi connectivity index (χ2n) is 5.22. The fourth-order valence-electron chi connectivity index (χ4n) is 2.11. The number of hydrogen-bond donors (Lipinski definition) is 1. The van der Waals surface area contributed by atoms with E-state index in [0.717, 1.165) is 33.7 Å². The molecule has 1 aliphatic rings. The average Bonchev–Trinajstić information content (AvgIpc) is 3.14. The van der Waals surface area contributed by atoms with E-state index in [9.17, 15) is 0 Å². The van der Waals surface area contributed by atoms with Crippen LogP contribution in [0.5, 0.6) is 5.75 Å². The summed E-state index contributed by atoms with van der Waals surface area (Å²) in [4.78, 5) is 0. The van der Waals surface area contributed by atoms with Crippen LogP contribution in [-0.4, -0.2) is 6.04 Å². The van der Waals surface area contributed by atoms with E-state index in [2.05, 4.69) is 27.3 Å². The molecule has 3 rings (SSSR count). The Bertz CT molecular complexity index is 590. The van der Waals surface area contributed by atoms with E-state index in [1.54, 1.807) is 6.26 Å². The van der Waals surface area contributed by atoms with Crippen molar-refractivity contribution in [1.29, 1.82) is 0 Å². The number of rotatable bonds is 6. The van der Waals surface area contributed by atoms with Crippen LogP contribution in [0.2, 0.25) is 0 Å². The molecule has 0 amide bonds. The molecule has 106 valence electrons. The fourth-order valence-corrected chi connectivity index (χ4v) is 2.58. The van der Waals surface area contributed by atoms with Gasteiger partial charge in [-0.2, -0.15) is 0 Å². The normalized spacial score (nSPS) is 14.5. The summed E-state index contributed by atoms with van der Waals surface area (Å²) >= 11 is 3.46. The maximum atomic E-state index is 5.89. The van der Waals surface area contributed by atoms with Gasteiger partial charge in [0.15, 0.2) is 0 Å². The number of benzene rings is 1. The van der Waals surface area contributed by atoms with Crippen molar-refractivity contribution in [2.24, 2.45) is 0 Å². The van der Waals surface area contributed by atoms with Gasteiger partial charge in [-0.15, -0.1) is 0 Å². The van der Waals surface area contributed by atoms with Gasteiger partial charge in [-0.3, -0.25) is 0 Å². The van der Waals surface area contributed by atoms with Gasteiger partial charge in [0.1, 0.15) is 18.1 Å². The number of hydrogen-bond acceptors (Lipinski definition) is 3. The molecule has 1 aromatic carbocycles. The summed E-state index contributed by atoms with van der Waals surface area (Å²) in [5.41, 5.74) is 2.24. The van der Waals surface area contributed by atoms with Gasteiger partial charge in [-0.05, 0) is 49.6 Å². The number of ether oxygens (including phenoxy) is 1. The van der Waals surface area contributed by atoms with Crippen LogP contribution in [0.3, 0.4) is 0 Å². The Hall–Kier alpha value is -1.26. The van der Waals surface area contributed by atoms with Crippen LogP contribution in [0, 0.1) is 6.92 Å². The van der Waals surface area contributed by atoms with Crippen LogP contribution in [0.25, 0.3) is 0 Å². The number of halogens is 1. The minimum atomic E-state index is 0.542. The Morgan fingerprint density at radius 1 is 1.35 bits per heavy atom. The SMILES string of the molecule is Cc1cc(Br)ccc1OCc1ccoc1CNC1CC1. The first-order chi connectivity index (χ1) is 9.72. The molecule has 1 heterocycles. The predicted molar refractivity (Wildman–Crippen MR) is 81.8 cm³/mol. The van der Waals surface area contributed by atoms with Crippen molar-refractivity contribution in [1.82, 2.24) is 5.32 Å². The molecule has 0 spiro atoms. The molecule has 1 aromatic heterocycles. The van der Waals surface area contributed by atoms with E-state index in [1.807, 2.05) is 25.1 Å². The first-order valence-electron chi connectivity index (χ1n) is 6.90. The van der Waals surface area contributed by atoms with E-state index < -0.39 is 0 Å². The summed E-state index contributed by atoms with van der Waals surface area (Å²) in [5, 5.41) is 3.46. The van der Waals surface area contributed by atoms with E-state index in [1.165, 1.54) is 12.8 Å². The average molecular weight is 336 g/mol. The Balaban J connectivity index is 1.61. The highest BCUT2D eigenvalue weighted by Crippen LogP contribution is 2.24. The molecule has 0 saturated heterocycles. The third-order valence-corrected chi connectivity index (χ3v) is 3.98. The van der Waals surface area contributed by atoms with Gasteiger partial charge in [0.2, 0.25) is 0 Å². The molecule has 4 heteroatoms. The number of nitrogens with one attached hydrogen (secondary N) is 1. The van der Waals surface area contributed by atoms with E-state index in [0.29, 0.717) is 12.6 Å². The first kappa shape index (κ1) is 13.7. The molecular formula is C16H18BrNO2. The Morgan fingerprint density at radius 2 is 2.20 bits per heavy atom. The molecule has 1 N–H and O–H groups in total. The quantitative estimate of drug-likeness (QED) is 0.859. The van der Waals surface area contributed by atoms with Crippen LogP contribution < -0.4 is 10.1 Å². The second-order valence-corrected chi connectivity index (χ2v) is 6.14. The van der Waals surface area contributed by atoms with Crippen molar-refractivity contribution in [3.05, 3.63) is 51.9 Å². The van der Waals surface area contributed by atoms with Crippen LogP contribution in [-0.2, 0) is 13.2 Å². The summed E-state index contributed by atoms with van der Waals surface area (Å²) in [6.07, 6.45) is 4.30. The van der Waals surface area contributed by atoms with E-state index in [4.69, 9.17) is 9.15 Å². The van der Waals surface area contributed by atoms with Gasteiger partial charge >= 0.3 is 0 Å². The zero-order valence-corrected chi connectivity index (χ0v) is 13.1. The smallest absolute Gasteiger partial charge is 0.124 e. The minimum absolute atomic E-state index is 0.542. The lowest BCUT2D eigenvalue weighted by atomic mass is 10.2. The topological polar surface area (TPSA) is 34.4 Å². The molecular weight excluding hydrogens is 318 g/mol. The summed E-state index contributed by atoms with van der Waals surface area (Å²) in [6, 6.07) is 8.70. The lowest BCUT2D eigenvalue weighted by molar-refractivity contribution is 0.299. The molecule has 2 aromatic rings. The molecule has 1 aliphatic carbocycles. The Labute approximate surface area is 127 Å². The lowest BCUT2D eigenvalue weighted by Crippen LogP contribution is -2.16. The maximum Gasteiger partial charge on any atom is 0.124 e.